The van der Waals surface area contributed by atoms with Gasteiger partial charge in [0.15, 0.2) is 0 Å². The van der Waals surface area contributed by atoms with Crippen LogP contribution in [-0.4, -0.2) is 44.7 Å². The summed E-state index contributed by atoms with van der Waals surface area (Å²) < 4.78 is 42.7. The molecule has 1 spiro atoms. The van der Waals surface area contributed by atoms with Crippen molar-refractivity contribution in [2.24, 2.45) is 5.41 Å². The zero-order chi connectivity index (χ0) is 12.5. The molecule has 0 amide bonds. The van der Waals surface area contributed by atoms with Crippen LogP contribution in [0.3, 0.4) is 0 Å². The molecule has 0 bridgehead atoms. The smallest absolute Gasteiger partial charge is 0.445 e. The number of likely N-dealkylation sites (tertiary alicyclic amines) is 1. The van der Waals surface area contributed by atoms with Crippen LogP contribution in [0, 0.1) is 5.41 Å². The summed E-state index contributed by atoms with van der Waals surface area (Å²) in [6, 6.07) is 0. The molecule has 2 fully saturated rings. The minimum Gasteiger partial charge on any atom is -0.445 e. The highest BCUT2D eigenvalue weighted by Crippen LogP contribution is 2.40. The molecule has 0 radical (unpaired) electrons. The lowest BCUT2D eigenvalue weighted by molar-refractivity contribution is 0.0198. The van der Waals surface area contributed by atoms with Gasteiger partial charge in [-0.1, -0.05) is 0 Å². The topological polar surface area (TPSA) is 12.5 Å². The van der Waals surface area contributed by atoms with Gasteiger partial charge in [0.1, 0.15) is 0 Å². The van der Waals surface area contributed by atoms with Crippen molar-refractivity contribution in [1.29, 1.82) is 0 Å². The third-order valence-electron chi connectivity index (χ3n) is 3.96. The Balaban J connectivity index is 1.87. The highest BCUT2D eigenvalue weighted by atomic mass is 19.4. The quantitative estimate of drug-likeness (QED) is 0.711. The van der Waals surface area contributed by atoms with E-state index in [0.29, 0.717) is 0 Å². The maximum Gasteiger partial charge on any atom is 0.506 e. The Labute approximate surface area is 99.9 Å². The van der Waals surface area contributed by atoms with Crippen molar-refractivity contribution in [2.45, 2.75) is 19.3 Å². The maximum atomic E-state index is 12.5. The first-order valence-corrected chi connectivity index (χ1v) is 6.09. The summed E-state index contributed by atoms with van der Waals surface area (Å²) in [5.74, 6) is 0. The monoisotopic (exact) mass is 248 g/mol. The standard InChI is InChI=1S/C11H18BF3NO/c1-10(12(13,14)15)8-16-5-2-11(9-16)3-6-17-7-4-11/h1-9H2/q-1. The van der Waals surface area contributed by atoms with Gasteiger partial charge in [0, 0.05) is 19.8 Å². The van der Waals surface area contributed by atoms with Gasteiger partial charge in [-0.25, -0.2) is 0 Å². The summed E-state index contributed by atoms with van der Waals surface area (Å²) in [6.07, 6.45) is 2.95. The van der Waals surface area contributed by atoms with E-state index in [2.05, 4.69) is 6.58 Å². The molecule has 2 rings (SSSR count). The van der Waals surface area contributed by atoms with Crippen molar-refractivity contribution in [2.75, 3.05) is 32.8 Å². The molecule has 2 heterocycles. The molecule has 0 aromatic rings. The predicted octanol–water partition coefficient (Wildman–Crippen LogP) is 2.43. The molecule has 0 aromatic carbocycles. The highest BCUT2D eigenvalue weighted by Gasteiger charge is 2.40. The fourth-order valence-electron chi connectivity index (χ4n) is 2.77. The Bertz CT molecular complexity index is 300. The van der Waals surface area contributed by atoms with Gasteiger partial charge in [0.25, 0.3) is 0 Å². The van der Waals surface area contributed by atoms with E-state index in [0.717, 1.165) is 45.6 Å². The molecule has 0 aliphatic carbocycles. The van der Waals surface area contributed by atoms with Crippen LogP contribution >= 0.6 is 0 Å². The van der Waals surface area contributed by atoms with Crippen LogP contribution in [0.15, 0.2) is 12.1 Å². The molecule has 6 heteroatoms. The van der Waals surface area contributed by atoms with E-state index in [1.165, 1.54) is 0 Å². The second-order valence-electron chi connectivity index (χ2n) is 5.31. The Morgan fingerprint density at radius 3 is 2.47 bits per heavy atom. The van der Waals surface area contributed by atoms with Crippen LogP contribution in [0.25, 0.3) is 0 Å². The van der Waals surface area contributed by atoms with E-state index in [1.54, 1.807) is 0 Å². The molecule has 0 atom stereocenters. The van der Waals surface area contributed by atoms with Crippen LogP contribution in [0.1, 0.15) is 19.3 Å². The highest BCUT2D eigenvalue weighted by molar-refractivity contribution is 6.66. The van der Waals surface area contributed by atoms with Crippen LogP contribution in [-0.2, 0) is 4.74 Å². The molecular weight excluding hydrogens is 230 g/mol. The third kappa shape index (κ3) is 3.04. The van der Waals surface area contributed by atoms with E-state index in [1.807, 2.05) is 4.90 Å². The molecule has 0 aromatic heterocycles. The summed E-state index contributed by atoms with van der Waals surface area (Å²) in [5, 5.41) is 0. The maximum absolute atomic E-state index is 12.5. The Kier molecular flexibility index (Phi) is 3.54. The predicted molar refractivity (Wildman–Crippen MR) is 61.8 cm³/mol. The largest absolute Gasteiger partial charge is 0.506 e. The van der Waals surface area contributed by atoms with Gasteiger partial charge < -0.3 is 22.6 Å². The molecule has 0 N–H and O–H groups in total. The molecule has 2 saturated heterocycles. The molecule has 2 nitrogen and oxygen atoms in total. The van der Waals surface area contributed by atoms with Crippen LogP contribution in [0.4, 0.5) is 12.9 Å². The summed E-state index contributed by atoms with van der Waals surface area (Å²) >= 11 is 0. The van der Waals surface area contributed by atoms with Crippen molar-refractivity contribution in [3.05, 3.63) is 12.1 Å². The van der Waals surface area contributed by atoms with Crippen LogP contribution in [0.5, 0.6) is 0 Å². The van der Waals surface area contributed by atoms with Crippen molar-refractivity contribution < 1.29 is 17.7 Å². The number of ether oxygens (including phenoxy) is 1. The third-order valence-corrected chi connectivity index (χ3v) is 3.96. The van der Waals surface area contributed by atoms with Gasteiger partial charge in [-0.15, -0.1) is 12.1 Å². The Morgan fingerprint density at radius 2 is 1.88 bits per heavy atom. The van der Waals surface area contributed by atoms with Crippen molar-refractivity contribution in [3.8, 4) is 0 Å². The number of halogens is 3. The van der Waals surface area contributed by atoms with Gasteiger partial charge in [-0.05, 0) is 37.8 Å². The minimum atomic E-state index is -4.88. The first kappa shape index (κ1) is 13.0. The number of rotatable bonds is 3. The van der Waals surface area contributed by atoms with E-state index in [4.69, 9.17) is 4.74 Å². The summed E-state index contributed by atoms with van der Waals surface area (Å²) in [4.78, 5) is 1.89. The average Bonchev–Trinajstić information content (AvgIpc) is 2.61. The number of hydrogen-bond acceptors (Lipinski definition) is 2. The average molecular weight is 248 g/mol. The van der Waals surface area contributed by atoms with Crippen LogP contribution < -0.4 is 0 Å². The molecule has 2 aliphatic heterocycles. The van der Waals surface area contributed by atoms with Crippen molar-refractivity contribution in [1.82, 2.24) is 4.90 Å². The van der Waals surface area contributed by atoms with Gasteiger partial charge in [0.05, 0.1) is 0 Å². The number of hydrogen-bond donors (Lipinski definition) is 0. The lowest BCUT2D eigenvalue weighted by atomic mass is 9.79. The minimum absolute atomic E-state index is 0.0217. The molecule has 0 saturated carbocycles. The van der Waals surface area contributed by atoms with Crippen molar-refractivity contribution >= 4 is 6.98 Å². The van der Waals surface area contributed by atoms with Gasteiger partial charge >= 0.3 is 6.98 Å². The van der Waals surface area contributed by atoms with E-state index in [9.17, 15) is 12.9 Å². The van der Waals surface area contributed by atoms with Crippen molar-refractivity contribution in [3.63, 3.8) is 0 Å². The summed E-state index contributed by atoms with van der Waals surface area (Å²) in [6.45, 7) is 1.27. The summed E-state index contributed by atoms with van der Waals surface area (Å²) in [7, 11) is 0. The lowest BCUT2D eigenvalue weighted by Crippen LogP contribution is -2.35. The van der Waals surface area contributed by atoms with E-state index in [-0.39, 0.29) is 12.0 Å². The normalized spacial score (nSPS) is 25.4. The fourth-order valence-corrected chi connectivity index (χ4v) is 2.77. The molecular formula is C11H18BF3NO-. The SMILES string of the molecule is C=C(CN1CCC2(CCOCC2)C1)[B-](F)(F)F. The van der Waals surface area contributed by atoms with E-state index < -0.39 is 12.4 Å². The van der Waals surface area contributed by atoms with E-state index >= 15 is 0 Å². The second-order valence-corrected chi connectivity index (χ2v) is 5.31. The molecule has 17 heavy (non-hydrogen) atoms. The number of nitrogens with zero attached hydrogens (tertiary/aromatic N) is 1. The first-order chi connectivity index (χ1) is 7.91. The van der Waals surface area contributed by atoms with Gasteiger partial charge in [-0.2, -0.15) is 0 Å². The summed E-state index contributed by atoms with van der Waals surface area (Å²) in [5.41, 5.74) is -0.369. The first-order valence-electron chi connectivity index (χ1n) is 6.09. The lowest BCUT2D eigenvalue weighted by Gasteiger charge is -2.33. The second kappa shape index (κ2) is 4.65. The molecule has 98 valence electrons. The zero-order valence-corrected chi connectivity index (χ0v) is 9.93. The zero-order valence-electron chi connectivity index (χ0n) is 9.93. The Morgan fingerprint density at radius 1 is 1.24 bits per heavy atom. The Hall–Kier alpha value is -0.485. The van der Waals surface area contributed by atoms with Crippen LogP contribution in [0.2, 0.25) is 0 Å². The fraction of sp³-hybridized carbons (Fsp3) is 0.818. The van der Waals surface area contributed by atoms with Gasteiger partial charge in [-0.3, -0.25) is 0 Å². The van der Waals surface area contributed by atoms with Gasteiger partial charge in [0.2, 0.25) is 0 Å². The molecule has 2 aliphatic rings. The molecule has 0 unspecified atom stereocenters.